The summed E-state index contributed by atoms with van der Waals surface area (Å²) in [5.41, 5.74) is 1.61. The third-order valence-corrected chi connectivity index (χ3v) is 5.30. The quantitative estimate of drug-likeness (QED) is 0.580. The lowest BCUT2D eigenvalue weighted by molar-refractivity contribution is -0.0172. The molecule has 0 amide bonds. The second-order valence-electron chi connectivity index (χ2n) is 6.40. The number of hydrogen-bond acceptors (Lipinski definition) is 4. The van der Waals surface area contributed by atoms with Crippen LogP contribution in [0.3, 0.4) is 0 Å². The van der Waals surface area contributed by atoms with E-state index in [0.717, 1.165) is 42.3 Å². The van der Waals surface area contributed by atoms with E-state index in [1.165, 1.54) is 17.0 Å². The highest BCUT2D eigenvalue weighted by Gasteiger charge is 2.16. The second kappa shape index (κ2) is 9.71. The highest BCUT2D eigenvalue weighted by molar-refractivity contribution is 7.09. The molecule has 146 valence electrons. The number of hydrogen-bond donors (Lipinski definition) is 1. The maximum absolute atomic E-state index is 13.9. The minimum absolute atomic E-state index is 0.211. The van der Waals surface area contributed by atoms with Crippen LogP contribution in [0.5, 0.6) is 5.75 Å². The molecule has 0 atom stereocenters. The van der Waals surface area contributed by atoms with E-state index in [-0.39, 0.29) is 12.6 Å². The fourth-order valence-electron chi connectivity index (χ4n) is 3.03. The Kier molecular flexibility index (Phi) is 7.06. The Morgan fingerprint density at radius 1 is 1.37 bits per heavy atom. The molecule has 0 bridgehead atoms. The van der Waals surface area contributed by atoms with Crippen LogP contribution in [0.2, 0.25) is 0 Å². The van der Waals surface area contributed by atoms with Gasteiger partial charge in [0.05, 0.1) is 6.61 Å². The first kappa shape index (κ1) is 19.6. The van der Waals surface area contributed by atoms with Gasteiger partial charge in [-0.15, -0.1) is 11.3 Å². The maximum atomic E-state index is 13.9. The monoisotopic (exact) mass is 391 g/mol. The van der Waals surface area contributed by atoms with Gasteiger partial charge in [0.25, 0.3) is 0 Å². The van der Waals surface area contributed by atoms with Crippen LogP contribution in [0.4, 0.5) is 4.39 Å². The third-order valence-electron chi connectivity index (χ3n) is 4.36. The number of nitrogens with zero attached hydrogens (tertiary/aromatic N) is 2. The first-order valence-electron chi connectivity index (χ1n) is 9.21. The SMILES string of the molecule is CCNC(=NCCc1cc(F)cc2c1OCOC2)N(C)CCc1cccs1. The summed E-state index contributed by atoms with van der Waals surface area (Å²) in [5, 5.41) is 5.43. The fourth-order valence-corrected chi connectivity index (χ4v) is 3.73. The molecule has 1 aliphatic heterocycles. The van der Waals surface area contributed by atoms with Crippen LogP contribution in [0, 0.1) is 5.82 Å². The number of guanidine groups is 1. The van der Waals surface area contributed by atoms with E-state index in [4.69, 9.17) is 14.5 Å². The Bertz CT molecular complexity index is 765. The zero-order valence-corrected chi connectivity index (χ0v) is 16.7. The molecule has 1 aromatic heterocycles. The van der Waals surface area contributed by atoms with Crippen molar-refractivity contribution in [2.45, 2.75) is 26.4 Å². The summed E-state index contributed by atoms with van der Waals surface area (Å²) < 4.78 is 24.7. The minimum Gasteiger partial charge on any atom is -0.467 e. The Labute approximate surface area is 163 Å². The lowest BCUT2D eigenvalue weighted by Crippen LogP contribution is -2.40. The summed E-state index contributed by atoms with van der Waals surface area (Å²) in [6.45, 7) is 4.91. The molecule has 7 heteroatoms. The van der Waals surface area contributed by atoms with Crippen molar-refractivity contribution >= 4 is 17.3 Å². The maximum Gasteiger partial charge on any atom is 0.193 e. The zero-order valence-electron chi connectivity index (χ0n) is 15.8. The Hall–Kier alpha value is -2.12. The van der Waals surface area contributed by atoms with Gasteiger partial charge in [-0.05, 0) is 48.9 Å². The van der Waals surface area contributed by atoms with Crippen LogP contribution >= 0.6 is 11.3 Å². The van der Waals surface area contributed by atoms with Crippen molar-refractivity contribution in [1.82, 2.24) is 10.2 Å². The van der Waals surface area contributed by atoms with Gasteiger partial charge >= 0.3 is 0 Å². The Morgan fingerprint density at radius 2 is 2.26 bits per heavy atom. The summed E-state index contributed by atoms with van der Waals surface area (Å²) in [6.07, 6.45) is 1.61. The third kappa shape index (κ3) is 5.43. The molecule has 0 saturated heterocycles. The molecule has 2 aromatic rings. The van der Waals surface area contributed by atoms with Crippen molar-refractivity contribution in [1.29, 1.82) is 0 Å². The first-order chi connectivity index (χ1) is 13.2. The van der Waals surface area contributed by atoms with E-state index >= 15 is 0 Å². The molecule has 0 fully saturated rings. The van der Waals surface area contributed by atoms with Gasteiger partial charge < -0.3 is 19.7 Å². The largest absolute Gasteiger partial charge is 0.467 e. The molecule has 0 unspecified atom stereocenters. The molecule has 5 nitrogen and oxygen atoms in total. The molecular weight excluding hydrogens is 365 g/mol. The van der Waals surface area contributed by atoms with Gasteiger partial charge in [0.15, 0.2) is 12.8 Å². The van der Waals surface area contributed by atoms with E-state index in [1.54, 1.807) is 11.3 Å². The normalized spacial score (nSPS) is 13.8. The van der Waals surface area contributed by atoms with Crippen molar-refractivity contribution in [3.63, 3.8) is 0 Å². The topological polar surface area (TPSA) is 46.1 Å². The predicted octanol–water partition coefficient (Wildman–Crippen LogP) is 3.44. The van der Waals surface area contributed by atoms with Crippen LogP contribution in [-0.2, 0) is 24.2 Å². The average Bonchev–Trinajstić information content (AvgIpc) is 3.19. The molecule has 0 saturated carbocycles. The summed E-state index contributed by atoms with van der Waals surface area (Å²) in [6, 6.07) is 7.24. The van der Waals surface area contributed by atoms with Gasteiger partial charge in [-0.3, -0.25) is 4.99 Å². The molecule has 0 radical (unpaired) electrons. The molecule has 0 aliphatic carbocycles. The van der Waals surface area contributed by atoms with Crippen molar-refractivity contribution in [2.75, 3.05) is 33.5 Å². The van der Waals surface area contributed by atoms with Crippen LogP contribution in [0.1, 0.15) is 22.9 Å². The summed E-state index contributed by atoms with van der Waals surface area (Å²) in [4.78, 5) is 8.21. The average molecular weight is 392 g/mol. The van der Waals surface area contributed by atoms with Crippen LogP contribution < -0.4 is 10.1 Å². The predicted molar refractivity (Wildman–Crippen MR) is 107 cm³/mol. The van der Waals surface area contributed by atoms with Crippen molar-refractivity contribution in [3.05, 3.63) is 51.5 Å². The number of ether oxygens (including phenoxy) is 2. The highest BCUT2D eigenvalue weighted by Crippen LogP contribution is 2.29. The summed E-state index contributed by atoms with van der Waals surface area (Å²) >= 11 is 1.77. The smallest absolute Gasteiger partial charge is 0.193 e. The van der Waals surface area contributed by atoms with Crippen molar-refractivity contribution in [3.8, 4) is 5.75 Å². The Morgan fingerprint density at radius 3 is 3.04 bits per heavy atom. The van der Waals surface area contributed by atoms with Gasteiger partial charge in [0.2, 0.25) is 0 Å². The van der Waals surface area contributed by atoms with E-state index in [9.17, 15) is 4.39 Å². The molecule has 2 heterocycles. The zero-order chi connectivity index (χ0) is 19.1. The van der Waals surface area contributed by atoms with E-state index in [2.05, 4.69) is 34.7 Å². The van der Waals surface area contributed by atoms with Crippen LogP contribution in [0.25, 0.3) is 0 Å². The Balaban J connectivity index is 1.62. The fraction of sp³-hybridized carbons (Fsp3) is 0.450. The van der Waals surface area contributed by atoms with E-state index in [0.29, 0.717) is 19.6 Å². The van der Waals surface area contributed by atoms with Gasteiger partial charge in [-0.1, -0.05) is 6.07 Å². The molecule has 0 spiro atoms. The summed E-state index contributed by atoms with van der Waals surface area (Å²) in [5.74, 6) is 1.35. The number of likely N-dealkylation sites (N-methyl/N-ethyl adjacent to an activating group) is 1. The minimum atomic E-state index is -0.262. The van der Waals surface area contributed by atoms with Crippen LogP contribution in [0.15, 0.2) is 34.6 Å². The van der Waals surface area contributed by atoms with Gasteiger partial charge in [0.1, 0.15) is 11.6 Å². The van der Waals surface area contributed by atoms with Crippen LogP contribution in [-0.4, -0.2) is 44.3 Å². The lowest BCUT2D eigenvalue weighted by atomic mass is 10.1. The molecule has 1 aliphatic rings. The van der Waals surface area contributed by atoms with Gasteiger partial charge in [-0.25, -0.2) is 4.39 Å². The molecule has 27 heavy (non-hydrogen) atoms. The highest BCUT2D eigenvalue weighted by atomic mass is 32.1. The van der Waals surface area contributed by atoms with E-state index < -0.39 is 0 Å². The summed E-state index contributed by atoms with van der Waals surface area (Å²) in [7, 11) is 2.04. The van der Waals surface area contributed by atoms with Gasteiger partial charge in [-0.2, -0.15) is 0 Å². The molecule has 1 N–H and O–H groups in total. The number of rotatable bonds is 7. The van der Waals surface area contributed by atoms with Gasteiger partial charge in [0, 0.05) is 37.1 Å². The van der Waals surface area contributed by atoms with E-state index in [1.807, 2.05) is 7.05 Å². The standard InChI is InChI=1S/C20H26FN3O2S/c1-3-22-20(24(2)9-7-18-5-4-10-27-18)23-8-6-15-11-17(21)12-16-13-25-14-26-19(15)16/h4-5,10-12H,3,6-9,13-14H2,1-2H3,(H,22,23). The number of benzene rings is 1. The number of nitrogens with one attached hydrogen (secondary N) is 1. The van der Waals surface area contributed by atoms with Crippen molar-refractivity contribution < 1.29 is 13.9 Å². The number of aliphatic imine (C=N–C) groups is 1. The first-order valence-corrected chi connectivity index (χ1v) is 10.1. The lowest BCUT2D eigenvalue weighted by Gasteiger charge is -2.22. The number of halogens is 1. The molecular formula is C20H26FN3O2S. The number of fused-ring (bicyclic) bond motifs is 1. The molecule has 1 aromatic carbocycles. The molecule has 3 rings (SSSR count). The second-order valence-corrected chi connectivity index (χ2v) is 7.43. The van der Waals surface area contributed by atoms with Crippen molar-refractivity contribution in [2.24, 2.45) is 4.99 Å². The number of thiophene rings is 1.